The largest absolute Gasteiger partial charge is 0.481 e. The zero-order chi connectivity index (χ0) is 15.3. The van der Waals surface area contributed by atoms with Crippen molar-refractivity contribution in [1.82, 2.24) is 10.6 Å². The molecule has 116 valence electrons. The zero-order valence-corrected chi connectivity index (χ0v) is 12.6. The van der Waals surface area contributed by atoms with Gasteiger partial charge in [0.05, 0.1) is 17.4 Å². The Morgan fingerprint density at radius 3 is 2.45 bits per heavy atom. The van der Waals surface area contributed by atoms with Gasteiger partial charge >= 0.3 is 12.0 Å². The molecule has 7 nitrogen and oxygen atoms in total. The van der Waals surface area contributed by atoms with Crippen molar-refractivity contribution in [3.63, 3.8) is 0 Å². The van der Waals surface area contributed by atoms with Crippen molar-refractivity contribution in [1.29, 1.82) is 0 Å². The Morgan fingerprint density at radius 2 is 2.00 bits per heavy atom. The van der Waals surface area contributed by atoms with E-state index in [2.05, 4.69) is 10.6 Å². The quantitative estimate of drug-likeness (QED) is 0.656. The van der Waals surface area contributed by atoms with E-state index < -0.39 is 33.1 Å². The lowest BCUT2D eigenvalue weighted by atomic mass is 10.0. The van der Waals surface area contributed by atoms with Crippen LogP contribution in [0.4, 0.5) is 4.79 Å². The third-order valence-corrected chi connectivity index (χ3v) is 5.74. The maximum atomic E-state index is 11.7. The van der Waals surface area contributed by atoms with E-state index in [0.29, 0.717) is 12.8 Å². The number of aliphatic carboxylic acids is 1. The number of carbonyl (C=O) groups excluding carboxylic acids is 1. The van der Waals surface area contributed by atoms with Crippen molar-refractivity contribution < 1.29 is 23.1 Å². The first-order chi connectivity index (χ1) is 9.22. The van der Waals surface area contributed by atoms with Crippen LogP contribution in [0.15, 0.2) is 0 Å². The van der Waals surface area contributed by atoms with Gasteiger partial charge in [0.1, 0.15) is 0 Å². The standard InChI is InChI=1S/C12H22N2O5S/c1-8(2)10(6-11(15)16)14-12(17)13-7-9-4-3-5-20(9,18)19/h8-10H,3-7H2,1-2H3,(H,15,16)(H2,13,14,17). The van der Waals surface area contributed by atoms with E-state index in [1.54, 1.807) is 0 Å². The Balaban J connectivity index is 2.44. The summed E-state index contributed by atoms with van der Waals surface area (Å²) < 4.78 is 23.2. The summed E-state index contributed by atoms with van der Waals surface area (Å²) in [5.74, 6) is -0.830. The van der Waals surface area contributed by atoms with Crippen LogP contribution in [-0.2, 0) is 14.6 Å². The van der Waals surface area contributed by atoms with E-state index in [-0.39, 0.29) is 24.6 Å². The Hall–Kier alpha value is -1.31. The Morgan fingerprint density at radius 1 is 1.35 bits per heavy atom. The first kappa shape index (κ1) is 16.7. The molecule has 1 aliphatic heterocycles. The summed E-state index contributed by atoms with van der Waals surface area (Å²) in [5.41, 5.74) is 0. The summed E-state index contributed by atoms with van der Waals surface area (Å²) in [5, 5.41) is 13.3. The third-order valence-electron chi connectivity index (χ3n) is 3.47. The van der Waals surface area contributed by atoms with Crippen molar-refractivity contribution in [2.45, 2.75) is 44.4 Å². The van der Waals surface area contributed by atoms with Crippen LogP contribution in [-0.4, -0.2) is 49.1 Å². The summed E-state index contributed by atoms with van der Waals surface area (Å²) in [6, 6.07) is -1.00. The molecule has 2 amide bonds. The van der Waals surface area contributed by atoms with Crippen LogP contribution in [0, 0.1) is 5.92 Å². The van der Waals surface area contributed by atoms with Gasteiger partial charge in [-0.3, -0.25) is 4.79 Å². The molecule has 1 rings (SSSR count). The molecule has 0 spiro atoms. The smallest absolute Gasteiger partial charge is 0.315 e. The lowest BCUT2D eigenvalue weighted by Gasteiger charge is -2.21. The average Bonchev–Trinajstić information content (AvgIpc) is 2.64. The number of hydrogen-bond acceptors (Lipinski definition) is 4. The Labute approximate surface area is 119 Å². The number of urea groups is 1. The van der Waals surface area contributed by atoms with E-state index in [1.807, 2.05) is 13.8 Å². The number of amides is 2. The van der Waals surface area contributed by atoms with E-state index in [9.17, 15) is 18.0 Å². The number of nitrogens with one attached hydrogen (secondary N) is 2. The molecule has 0 aromatic heterocycles. The number of carbonyl (C=O) groups is 2. The molecule has 0 aliphatic carbocycles. The van der Waals surface area contributed by atoms with Gasteiger partial charge in [-0.15, -0.1) is 0 Å². The van der Waals surface area contributed by atoms with Gasteiger partial charge < -0.3 is 15.7 Å². The van der Waals surface area contributed by atoms with Gasteiger partial charge in [-0.2, -0.15) is 0 Å². The molecule has 2 atom stereocenters. The molecule has 1 heterocycles. The second kappa shape index (κ2) is 6.92. The molecule has 1 fully saturated rings. The summed E-state index contributed by atoms with van der Waals surface area (Å²) in [6.45, 7) is 3.71. The molecule has 0 aromatic carbocycles. The molecule has 0 saturated carbocycles. The van der Waals surface area contributed by atoms with Crippen LogP contribution in [0.5, 0.6) is 0 Å². The van der Waals surface area contributed by atoms with Gasteiger partial charge in [0.25, 0.3) is 0 Å². The zero-order valence-electron chi connectivity index (χ0n) is 11.8. The van der Waals surface area contributed by atoms with Crippen molar-refractivity contribution >= 4 is 21.8 Å². The second-order valence-electron chi connectivity index (χ2n) is 5.43. The lowest BCUT2D eigenvalue weighted by Crippen LogP contribution is -2.47. The minimum absolute atomic E-state index is 0.0212. The van der Waals surface area contributed by atoms with Crippen molar-refractivity contribution in [2.75, 3.05) is 12.3 Å². The maximum Gasteiger partial charge on any atom is 0.315 e. The van der Waals surface area contributed by atoms with Crippen molar-refractivity contribution in [2.24, 2.45) is 5.92 Å². The SMILES string of the molecule is CC(C)C(CC(=O)O)NC(=O)NCC1CCCS1(=O)=O. The molecule has 1 saturated heterocycles. The van der Waals surface area contributed by atoms with E-state index >= 15 is 0 Å². The first-order valence-corrected chi connectivity index (χ1v) is 8.41. The van der Waals surface area contributed by atoms with Crippen LogP contribution < -0.4 is 10.6 Å². The van der Waals surface area contributed by atoms with E-state index in [1.165, 1.54) is 0 Å². The molecular formula is C12H22N2O5S. The van der Waals surface area contributed by atoms with Crippen LogP contribution >= 0.6 is 0 Å². The normalized spacial score (nSPS) is 22.4. The fourth-order valence-corrected chi connectivity index (χ4v) is 3.92. The van der Waals surface area contributed by atoms with Gasteiger partial charge in [-0.1, -0.05) is 13.8 Å². The number of hydrogen-bond donors (Lipinski definition) is 3. The molecule has 0 radical (unpaired) electrons. The van der Waals surface area contributed by atoms with Gasteiger partial charge in [0.2, 0.25) is 0 Å². The van der Waals surface area contributed by atoms with Crippen LogP contribution in [0.25, 0.3) is 0 Å². The lowest BCUT2D eigenvalue weighted by molar-refractivity contribution is -0.137. The van der Waals surface area contributed by atoms with Crippen molar-refractivity contribution in [3.8, 4) is 0 Å². The minimum atomic E-state index is -3.08. The maximum absolute atomic E-state index is 11.7. The summed E-state index contributed by atoms with van der Waals surface area (Å²) >= 11 is 0. The van der Waals surface area contributed by atoms with Gasteiger partial charge in [0.15, 0.2) is 9.84 Å². The van der Waals surface area contributed by atoms with Gasteiger partial charge in [0, 0.05) is 12.6 Å². The number of rotatable bonds is 6. The highest BCUT2D eigenvalue weighted by Gasteiger charge is 2.31. The number of sulfone groups is 1. The molecule has 3 N–H and O–H groups in total. The average molecular weight is 306 g/mol. The first-order valence-electron chi connectivity index (χ1n) is 6.70. The molecular weight excluding hydrogens is 284 g/mol. The van der Waals surface area contributed by atoms with Crippen LogP contribution in [0.2, 0.25) is 0 Å². The molecule has 0 aromatic rings. The molecule has 20 heavy (non-hydrogen) atoms. The topological polar surface area (TPSA) is 113 Å². The minimum Gasteiger partial charge on any atom is -0.481 e. The highest BCUT2D eigenvalue weighted by molar-refractivity contribution is 7.92. The third kappa shape index (κ3) is 4.99. The fourth-order valence-electron chi connectivity index (χ4n) is 2.15. The van der Waals surface area contributed by atoms with Gasteiger partial charge in [-0.25, -0.2) is 13.2 Å². The highest BCUT2D eigenvalue weighted by atomic mass is 32.2. The molecule has 1 aliphatic rings. The summed E-state index contributed by atoms with van der Waals surface area (Å²) in [7, 11) is -3.08. The molecule has 2 unspecified atom stereocenters. The Kier molecular flexibility index (Phi) is 5.79. The Bertz CT molecular complexity index is 460. The highest BCUT2D eigenvalue weighted by Crippen LogP contribution is 2.18. The predicted octanol–water partition coefficient (Wildman–Crippen LogP) is 0.362. The number of carboxylic acid groups (broad SMARTS) is 1. The summed E-state index contributed by atoms with van der Waals surface area (Å²) in [6.07, 6.45) is 1.03. The monoisotopic (exact) mass is 306 g/mol. The van der Waals surface area contributed by atoms with Crippen LogP contribution in [0.3, 0.4) is 0 Å². The molecule has 8 heteroatoms. The number of carboxylic acids is 1. The second-order valence-corrected chi connectivity index (χ2v) is 7.83. The predicted molar refractivity (Wildman–Crippen MR) is 74.2 cm³/mol. The van der Waals surface area contributed by atoms with Crippen LogP contribution in [0.1, 0.15) is 33.1 Å². The summed E-state index contributed by atoms with van der Waals surface area (Å²) in [4.78, 5) is 22.4. The molecule has 0 bridgehead atoms. The van der Waals surface area contributed by atoms with E-state index in [4.69, 9.17) is 5.11 Å². The van der Waals surface area contributed by atoms with Gasteiger partial charge in [-0.05, 0) is 18.8 Å². The fraction of sp³-hybridized carbons (Fsp3) is 0.833. The van der Waals surface area contributed by atoms with E-state index in [0.717, 1.165) is 0 Å². The van der Waals surface area contributed by atoms with Crippen molar-refractivity contribution in [3.05, 3.63) is 0 Å².